The molecule has 5 aromatic rings. The summed E-state index contributed by atoms with van der Waals surface area (Å²) in [4.78, 5) is 15.3. The summed E-state index contributed by atoms with van der Waals surface area (Å²) in [5, 5.41) is 2.86. The average Bonchev–Trinajstić information content (AvgIpc) is 3.74. The number of fused-ring (bicyclic) bond motifs is 2. The fourth-order valence-electron chi connectivity index (χ4n) is 6.74. The molecule has 2 heterocycles. The SMILES string of the molecule is CCCCC(CC)COc1ccc(-c2c3c[c]([Sn]([CH3])([CH3])[CH3])sc3c(-c3ccc(OCC(CC)CCCC)cc3)c3c[c]([Sn]([CH3])([CH3])[CH3])sc23)cc1. The first-order chi connectivity index (χ1) is 23.9. The van der Waals surface area contributed by atoms with Gasteiger partial charge in [0.05, 0.1) is 0 Å². The summed E-state index contributed by atoms with van der Waals surface area (Å²) in [6.07, 6.45) is 9.90. The van der Waals surface area contributed by atoms with Gasteiger partial charge in [0.1, 0.15) is 0 Å². The van der Waals surface area contributed by atoms with E-state index < -0.39 is 36.8 Å². The zero-order valence-electron chi connectivity index (χ0n) is 32.6. The third-order valence-corrected chi connectivity index (χ3v) is 31.4. The van der Waals surface area contributed by atoms with Gasteiger partial charge in [0.25, 0.3) is 0 Å². The molecular weight excluding hydrogens is 862 g/mol. The van der Waals surface area contributed by atoms with Gasteiger partial charge in [-0.25, -0.2) is 0 Å². The Kier molecular flexibility index (Phi) is 14.2. The molecule has 0 aliphatic carbocycles. The van der Waals surface area contributed by atoms with Crippen molar-refractivity contribution in [1.29, 1.82) is 0 Å². The van der Waals surface area contributed by atoms with Crippen molar-refractivity contribution in [2.24, 2.45) is 11.8 Å². The minimum absolute atomic E-state index is 0.627. The van der Waals surface area contributed by atoms with E-state index in [4.69, 9.17) is 9.47 Å². The van der Waals surface area contributed by atoms with E-state index >= 15 is 0 Å². The predicted molar refractivity (Wildman–Crippen MR) is 232 cm³/mol. The molecule has 0 saturated carbocycles. The Morgan fingerprint density at radius 3 is 1.20 bits per heavy atom. The van der Waals surface area contributed by atoms with Gasteiger partial charge in [0, 0.05) is 0 Å². The Bertz CT molecular complexity index is 1630. The molecule has 0 saturated heterocycles. The van der Waals surface area contributed by atoms with Crippen molar-refractivity contribution in [3.8, 4) is 33.8 Å². The zero-order valence-corrected chi connectivity index (χ0v) is 40.0. The molecule has 0 aliphatic rings. The van der Waals surface area contributed by atoms with Crippen LogP contribution in [0, 0.1) is 11.8 Å². The third kappa shape index (κ3) is 9.65. The summed E-state index contributed by atoms with van der Waals surface area (Å²) in [5.74, 6) is 3.23. The third-order valence-electron chi connectivity index (χ3n) is 10.3. The van der Waals surface area contributed by atoms with Crippen molar-refractivity contribution < 1.29 is 9.47 Å². The predicted octanol–water partition coefficient (Wildman–Crippen LogP) is 13.7. The molecular formula is C44H62O2S2Sn2. The molecule has 50 heavy (non-hydrogen) atoms. The van der Waals surface area contributed by atoms with E-state index in [0.717, 1.165) is 24.7 Å². The summed E-state index contributed by atoms with van der Waals surface area (Å²) in [5.41, 5.74) is 5.45. The van der Waals surface area contributed by atoms with Crippen LogP contribution in [-0.2, 0) is 0 Å². The first kappa shape index (κ1) is 40.0. The molecule has 0 aliphatic heterocycles. The maximum absolute atomic E-state index is 6.37. The van der Waals surface area contributed by atoms with Crippen molar-refractivity contribution in [3.63, 3.8) is 0 Å². The van der Waals surface area contributed by atoms with E-state index in [1.165, 1.54) is 93.8 Å². The average molecular weight is 925 g/mol. The van der Waals surface area contributed by atoms with E-state index in [9.17, 15) is 0 Å². The van der Waals surface area contributed by atoms with Crippen LogP contribution < -0.4 is 15.3 Å². The second-order valence-corrected chi connectivity index (χ2v) is 49.4. The van der Waals surface area contributed by atoms with Gasteiger partial charge in [-0.15, -0.1) is 0 Å². The fraction of sp³-hybridized carbons (Fsp3) is 0.500. The van der Waals surface area contributed by atoms with Gasteiger partial charge in [-0.05, 0) is 0 Å². The van der Waals surface area contributed by atoms with Gasteiger partial charge in [0.2, 0.25) is 0 Å². The van der Waals surface area contributed by atoms with Gasteiger partial charge < -0.3 is 0 Å². The van der Waals surface area contributed by atoms with Crippen LogP contribution in [0.2, 0.25) is 29.6 Å². The molecule has 2 aromatic heterocycles. The second-order valence-electron chi connectivity index (χ2n) is 16.5. The van der Waals surface area contributed by atoms with Crippen LogP contribution in [0.3, 0.4) is 0 Å². The monoisotopic (exact) mass is 926 g/mol. The molecule has 270 valence electrons. The minimum atomic E-state index is -2.39. The van der Waals surface area contributed by atoms with Crippen molar-refractivity contribution in [3.05, 3.63) is 60.7 Å². The van der Waals surface area contributed by atoms with Gasteiger partial charge in [-0.2, -0.15) is 0 Å². The number of hydrogen-bond donors (Lipinski definition) is 0. The van der Waals surface area contributed by atoms with Gasteiger partial charge in [0.15, 0.2) is 0 Å². The molecule has 0 N–H and O–H groups in total. The van der Waals surface area contributed by atoms with Gasteiger partial charge in [-0.1, -0.05) is 53.4 Å². The molecule has 2 atom stereocenters. The number of unbranched alkanes of at least 4 members (excludes halogenated alkanes) is 2. The second kappa shape index (κ2) is 17.7. The normalized spacial score (nSPS) is 13.6. The van der Waals surface area contributed by atoms with E-state index in [1.807, 2.05) is 0 Å². The first-order valence-electron chi connectivity index (χ1n) is 19.4. The van der Waals surface area contributed by atoms with E-state index in [1.54, 1.807) is 5.79 Å². The summed E-state index contributed by atoms with van der Waals surface area (Å²) >= 11 is -0.616. The first-order valence-corrected chi connectivity index (χ1v) is 41.0. The number of ether oxygens (including phenoxy) is 2. The Morgan fingerprint density at radius 1 is 0.540 bits per heavy atom. The van der Waals surface area contributed by atoms with Crippen molar-refractivity contribution in [2.75, 3.05) is 13.2 Å². The van der Waals surface area contributed by atoms with Crippen molar-refractivity contribution >= 4 is 85.4 Å². The number of benzene rings is 3. The van der Waals surface area contributed by atoms with Gasteiger partial charge >= 0.3 is 270 Å². The van der Waals surface area contributed by atoms with Crippen LogP contribution in [0.15, 0.2) is 60.7 Å². The van der Waals surface area contributed by atoms with Crippen LogP contribution in [-0.4, -0.2) is 50.0 Å². The number of rotatable bonds is 18. The molecule has 2 nitrogen and oxygen atoms in total. The van der Waals surface area contributed by atoms with E-state index in [-0.39, 0.29) is 0 Å². The van der Waals surface area contributed by atoms with Gasteiger partial charge in [-0.3, -0.25) is 0 Å². The van der Waals surface area contributed by atoms with Crippen LogP contribution in [0.1, 0.15) is 79.1 Å². The molecule has 5 rings (SSSR count). The Morgan fingerprint density at radius 2 is 0.900 bits per heavy atom. The Balaban J connectivity index is 1.60. The quantitative estimate of drug-likeness (QED) is 0.0816. The number of hydrogen-bond acceptors (Lipinski definition) is 4. The molecule has 2 unspecified atom stereocenters. The summed E-state index contributed by atoms with van der Waals surface area (Å²) < 4.78 is 18.9. The van der Waals surface area contributed by atoms with Crippen LogP contribution in [0.25, 0.3) is 42.4 Å². The summed E-state index contributed by atoms with van der Waals surface area (Å²) in [7, 11) is 0. The fourth-order valence-corrected chi connectivity index (χ4v) is 19.6. The molecule has 3 aromatic carbocycles. The standard InChI is InChI=1S/C38H44O2S2.6CH3.2Sn/c1-5-9-11-27(7-3)25-39-31-17-13-29(14-18-31)35-33-21-23-42-38(33)36(34-22-24-41-37(34)35)30-15-19-32(20-16-30)40-26-28(8-4)12-10-6-2;;;;;;;;/h13-22,27-28H,5-12,25-26H2,1-4H3;6*1H3;;. The molecule has 0 spiro atoms. The summed E-state index contributed by atoms with van der Waals surface area (Å²) in [6, 6.07) is 23.3. The summed E-state index contributed by atoms with van der Waals surface area (Å²) in [6.45, 7) is 10.7. The number of thiophene rings is 2. The zero-order chi connectivity index (χ0) is 36.1. The molecule has 0 bridgehead atoms. The van der Waals surface area contributed by atoms with E-state index in [2.05, 4.69) is 141 Å². The molecule has 0 fully saturated rings. The molecule has 0 radical (unpaired) electrons. The van der Waals surface area contributed by atoms with Crippen molar-refractivity contribution in [2.45, 2.75) is 109 Å². The van der Waals surface area contributed by atoms with Crippen LogP contribution in [0.5, 0.6) is 11.5 Å². The van der Waals surface area contributed by atoms with Crippen molar-refractivity contribution in [1.82, 2.24) is 0 Å². The maximum atomic E-state index is 6.37. The topological polar surface area (TPSA) is 18.5 Å². The Labute approximate surface area is 320 Å². The molecule has 6 heteroatoms. The van der Waals surface area contributed by atoms with Crippen LogP contribution in [0.4, 0.5) is 0 Å². The van der Waals surface area contributed by atoms with E-state index in [0.29, 0.717) is 11.8 Å². The molecule has 0 amide bonds. The Hall–Kier alpha value is -1.22. The van der Waals surface area contributed by atoms with Crippen LogP contribution >= 0.6 is 22.7 Å².